The molecule has 0 spiro atoms. The molecule has 1 saturated heterocycles. The Hall–Kier alpha value is -2.74. The van der Waals surface area contributed by atoms with Gasteiger partial charge < -0.3 is 9.42 Å². The third-order valence-corrected chi connectivity index (χ3v) is 10.7. The number of benzene rings is 2. The van der Waals surface area contributed by atoms with Crippen molar-refractivity contribution in [2.24, 2.45) is 0 Å². The molecule has 1 N–H and O–H groups in total. The number of thiazole rings is 1. The van der Waals surface area contributed by atoms with Crippen molar-refractivity contribution in [1.82, 2.24) is 24.1 Å². The van der Waals surface area contributed by atoms with Crippen LogP contribution in [0.1, 0.15) is 40.4 Å². The highest BCUT2D eigenvalue weighted by Gasteiger charge is 2.33. The van der Waals surface area contributed by atoms with Crippen LogP contribution in [0.5, 0.6) is 0 Å². The first-order valence-corrected chi connectivity index (χ1v) is 16.7. The first-order valence-electron chi connectivity index (χ1n) is 13.7. The van der Waals surface area contributed by atoms with E-state index in [0.29, 0.717) is 16.0 Å². The minimum absolute atomic E-state index is 0.268. The summed E-state index contributed by atoms with van der Waals surface area (Å²) in [6.07, 6.45) is 3.02. The van der Waals surface area contributed by atoms with Gasteiger partial charge in [-0.05, 0) is 49.6 Å². The summed E-state index contributed by atoms with van der Waals surface area (Å²) in [5.41, 5.74) is 3.61. The molecule has 42 heavy (non-hydrogen) atoms. The molecule has 0 radical (unpaired) electrons. The molecule has 222 valence electrons. The lowest BCUT2D eigenvalue weighted by Crippen LogP contribution is -2.47. The second-order valence-electron chi connectivity index (χ2n) is 10.7. The van der Waals surface area contributed by atoms with Crippen molar-refractivity contribution in [3.05, 3.63) is 63.3 Å². The third kappa shape index (κ3) is 6.01. The molecule has 2 aromatic carbocycles. The third-order valence-electron chi connectivity index (χ3n) is 7.63. The van der Waals surface area contributed by atoms with Crippen molar-refractivity contribution >= 4 is 66.0 Å². The largest absolute Gasteiger partial charge is 0.360 e. The smallest absolute Gasteiger partial charge is 0.303 e. The Balaban J connectivity index is 1.11. The molecule has 3 heterocycles. The lowest BCUT2D eigenvalue weighted by molar-refractivity contribution is 0.0980. The summed E-state index contributed by atoms with van der Waals surface area (Å²) in [4.78, 5) is 22.0. The van der Waals surface area contributed by atoms with Crippen LogP contribution < -0.4 is 9.62 Å². The fourth-order valence-corrected chi connectivity index (χ4v) is 7.21. The van der Waals surface area contributed by atoms with Gasteiger partial charge in [0.2, 0.25) is 0 Å². The van der Waals surface area contributed by atoms with Gasteiger partial charge in [0.1, 0.15) is 11.5 Å². The van der Waals surface area contributed by atoms with Crippen LogP contribution in [0, 0.1) is 0 Å². The summed E-state index contributed by atoms with van der Waals surface area (Å²) in [6.45, 7) is 4.24. The Kier molecular flexibility index (Phi) is 8.20. The number of nitrogens with one attached hydrogen (secondary N) is 1. The van der Waals surface area contributed by atoms with Crippen molar-refractivity contribution in [2.75, 3.05) is 51.7 Å². The number of carbonyl (C=O) groups is 1. The second kappa shape index (κ2) is 11.7. The van der Waals surface area contributed by atoms with E-state index in [4.69, 9.17) is 32.7 Å². The molecule has 0 atom stereocenters. The summed E-state index contributed by atoms with van der Waals surface area (Å²) in [7, 11) is -1.14. The van der Waals surface area contributed by atoms with Crippen LogP contribution in [0.4, 0.5) is 5.13 Å². The molecule has 14 heteroatoms. The second-order valence-corrected chi connectivity index (χ2v) is 14.4. The topological polar surface area (TPSA) is 112 Å². The highest BCUT2D eigenvalue weighted by atomic mass is 35.5. The Morgan fingerprint density at radius 2 is 1.83 bits per heavy atom. The first kappa shape index (κ1) is 29.3. The molecule has 1 amide bonds. The van der Waals surface area contributed by atoms with E-state index in [-0.39, 0.29) is 5.56 Å². The van der Waals surface area contributed by atoms with Crippen molar-refractivity contribution in [1.29, 1.82) is 0 Å². The fraction of sp³-hybridized carbons (Fsp3) is 0.393. The molecule has 1 aliphatic carbocycles. The zero-order valence-electron chi connectivity index (χ0n) is 23.1. The molecule has 1 saturated carbocycles. The average Bonchev–Trinajstić information content (AvgIpc) is 3.57. The van der Waals surface area contributed by atoms with E-state index >= 15 is 0 Å². The maximum absolute atomic E-state index is 12.5. The van der Waals surface area contributed by atoms with Crippen LogP contribution in [0.25, 0.3) is 21.5 Å². The molecule has 1 aliphatic heterocycles. The van der Waals surface area contributed by atoms with Gasteiger partial charge in [-0.15, -0.1) is 0 Å². The van der Waals surface area contributed by atoms with Gasteiger partial charge in [0.05, 0.1) is 20.3 Å². The number of halogens is 2. The van der Waals surface area contributed by atoms with Gasteiger partial charge in [0.25, 0.3) is 5.91 Å². The number of aromatic nitrogens is 2. The lowest BCUT2D eigenvalue weighted by Gasteiger charge is -2.34. The molecule has 10 nitrogen and oxygen atoms in total. The number of piperazine rings is 1. The van der Waals surface area contributed by atoms with E-state index in [2.05, 4.69) is 19.7 Å². The molecular formula is C28H30Cl2N6O4S2. The van der Waals surface area contributed by atoms with Crippen molar-refractivity contribution in [2.45, 2.75) is 25.2 Å². The quantitative estimate of drug-likeness (QED) is 0.269. The van der Waals surface area contributed by atoms with Gasteiger partial charge in [-0.25, -0.2) is 9.71 Å². The molecular weight excluding hydrogens is 619 g/mol. The van der Waals surface area contributed by atoms with Crippen LogP contribution in [0.3, 0.4) is 0 Å². The highest BCUT2D eigenvalue weighted by molar-refractivity contribution is 7.87. The van der Waals surface area contributed by atoms with Crippen LogP contribution >= 0.6 is 34.5 Å². The van der Waals surface area contributed by atoms with Gasteiger partial charge in [0, 0.05) is 69.4 Å². The number of amides is 1. The van der Waals surface area contributed by atoms with Crippen LogP contribution in [-0.2, 0) is 16.6 Å². The summed E-state index contributed by atoms with van der Waals surface area (Å²) in [5, 5.41) is 6.43. The Labute approximate surface area is 258 Å². The molecule has 2 fully saturated rings. The Bertz CT molecular complexity index is 1720. The zero-order chi connectivity index (χ0) is 29.6. The summed E-state index contributed by atoms with van der Waals surface area (Å²) >= 11 is 14.5. The van der Waals surface area contributed by atoms with Gasteiger partial charge in [-0.2, -0.15) is 12.7 Å². The predicted molar refractivity (Wildman–Crippen MR) is 166 cm³/mol. The van der Waals surface area contributed by atoms with Crippen molar-refractivity contribution in [3.63, 3.8) is 0 Å². The van der Waals surface area contributed by atoms with Crippen molar-refractivity contribution in [3.8, 4) is 11.3 Å². The number of hydrogen-bond acceptors (Lipinski definition) is 9. The number of hydrogen-bond donors (Lipinski definition) is 1. The summed E-state index contributed by atoms with van der Waals surface area (Å²) in [6, 6.07) is 10.5. The molecule has 0 unspecified atom stereocenters. The van der Waals surface area contributed by atoms with Gasteiger partial charge in [0.15, 0.2) is 5.13 Å². The minimum Gasteiger partial charge on any atom is -0.360 e. The first-order chi connectivity index (χ1) is 20.1. The molecule has 2 aliphatic rings. The predicted octanol–water partition coefficient (Wildman–Crippen LogP) is 5.04. The van der Waals surface area contributed by atoms with Crippen LogP contribution in [0.2, 0.25) is 10.0 Å². The minimum atomic E-state index is -3.87. The molecule has 4 aromatic rings. The number of carbonyl (C=O) groups excluding carboxylic acids is 1. The van der Waals surface area contributed by atoms with E-state index in [9.17, 15) is 13.2 Å². The maximum Gasteiger partial charge on any atom is 0.303 e. The van der Waals surface area contributed by atoms with Gasteiger partial charge in [-0.3, -0.25) is 9.69 Å². The SMILES string of the molecule is CN(C)S(=O)(=O)NC(=O)c1ccc2nc(N3CCN(CCc4c(-c5c(Cl)cccc5Cl)noc4C4CC4)CC3)sc2c1. The van der Waals surface area contributed by atoms with E-state index < -0.39 is 16.1 Å². The Morgan fingerprint density at radius 3 is 2.50 bits per heavy atom. The van der Waals surface area contributed by atoms with Crippen LogP contribution in [0.15, 0.2) is 40.9 Å². The fourth-order valence-electron chi connectivity index (χ4n) is 5.04. The van der Waals surface area contributed by atoms with Crippen LogP contribution in [-0.4, -0.2) is 80.5 Å². The standard InChI is InChI=1S/C28H30Cl2N6O4S2/c1-34(2)42(38,39)33-27(37)18-8-9-22-23(16-18)41-28(31-22)36-14-12-35(13-15-36)11-10-19-25(32-40-26(19)17-6-7-17)24-20(29)4-3-5-21(24)30/h3-5,8-9,16-17H,6-7,10-15H2,1-2H3,(H,33,37). The number of nitrogens with zero attached hydrogens (tertiary/aromatic N) is 5. The van der Waals surface area contributed by atoms with E-state index in [0.717, 1.165) is 94.2 Å². The number of fused-ring (bicyclic) bond motifs is 1. The van der Waals surface area contributed by atoms with Gasteiger partial charge in [-0.1, -0.05) is 45.8 Å². The number of rotatable bonds is 9. The monoisotopic (exact) mass is 648 g/mol. The maximum atomic E-state index is 12.5. The molecule has 2 aromatic heterocycles. The lowest BCUT2D eigenvalue weighted by atomic mass is 10.0. The molecule has 6 rings (SSSR count). The van der Waals surface area contributed by atoms with E-state index in [1.165, 1.54) is 25.4 Å². The van der Waals surface area contributed by atoms with E-state index in [1.54, 1.807) is 18.2 Å². The average molecular weight is 650 g/mol. The molecule has 0 bridgehead atoms. The Morgan fingerprint density at radius 1 is 1.12 bits per heavy atom. The van der Waals surface area contributed by atoms with Gasteiger partial charge >= 0.3 is 10.2 Å². The summed E-state index contributed by atoms with van der Waals surface area (Å²) < 4.78 is 33.8. The number of anilines is 1. The zero-order valence-corrected chi connectivity index (χ0v) is 26.3. The normalized spacial score (nSPS) is 16.5. The summed E-state index contributed by atoms with van der Waals surface area (Å²) in [5.74, 6) is 0.704. The van der Waals surface area contributed by atoms with E-state index in [1.807, 2.05) is 18.2 Å². The van der Waals surface area contributed by atoms with Crippen molar-refractivity contribution < 1.29 is 17.7 Å². The highest BCUT2D eigenvalue weighted by Crippen LogP contribution is 2.46.